The summed E-state index contributed by atoms with van der Waals surface area (Å²) in [5, 5.41) is 3.35. The topological polar surface area (TPSA) is 62.4 Å². The second-order valence-electron chi connectivity index (χ2n) is 5.74. The third-order valence-corrected chi connectivity index (χ3v) is 3.87. The molecule has 0 aliphatic rings. The quantitative estimate of drug-likeness (QED) is 0.380. The van der Waals surface area contributed by atoms with E-state index in [-0.39, 0.29) is 5.56 Å². The molecule has 0 fully saturated rings. The molecule has 1 atom stereocenters. The molecule has 0 saturated heterocycles. The molecule has 0 heterocycles. The fourth-order valence-corrected chi connectivity index (χ4v) is 2.28. The van der Waals surface area contributed by atoms with E-state index in [1.807, 2.05) is 0 Å². The van der Waals surface area contributed by atoms with Crippen molar-refractivity contribution in [3.63, 3.8) is 0 Å². The van der Waals surface area contributed by atoms with E-state index in [1.165, 1.54) is 38.5 Å². The van der Waals surface area contributed by atoms with Crippen molar-refractivity contribution in [1.29, 1.82) is 0 Å². The Bertz CT molecular complexity index is 555. The lowest BCUT2D eigenvalue weighted by Gasteiger charge is -2.15. The SMILES string of the molecule is CCCCC[C@H](C)CNC(=S)NNC(=O)c1ccc(OC)cc1F. The average molecular weight is 355 g/mol. The van der Waals surface area contributed by atoms with Crippen molar-refractivity contribution in [2.24, 2.45) is 5.92 Å². The summed E-state index contributed by atoms with van der Waals surface area (Å²) in [6.07, 6.45) is 4.77. The van der Waals surface area contributed by atoms with Crippen LogP contribution < -0.4 is 20.9 Å². The third kappa shape index (κ3) is 7.12. The summed E-state index contributed by atoms with van der Waals surface area (Å²) >= 11 is 5.10. The van der Waals surface area contributed by atoms with Crippen LogP contribution in [0.15, 0.2) is 18.2 Å². The van der Waals surface area contributed by atoms with Gasteiger partial charge in [0.05, 0.1) is 12.7 Å². The van der Waals surface area contributed by atoms with Crippen LogP contribution in [0.5, 0.6) is 5.75 Å². The molecule has 0 spiro atoms. The Kier molecular flexibility index (Phi) is 9.07. The lowest BCUT2D eigenvalue weighted by molar-refractivity contribution is 0.0939. The van der Waals surface area contributed by atoms with Crippen molar-refractivity contribution in [3.05, 3.63) is 29.6 Å². The Morgan fingerprint density at radius 2 is 2.08 bits per heavy atom. The van der Waals surface area contributed by atoms with Gasteiger partial charge in [0.25, 0.3) is 5.91 Å². The van der Waals surface area contributed by atoms with E-state index in [0.29, 0.717) is 16.8 Å². The highest BCUT2D eigenvalue weighted by molar-refractivity contribution is 7.80. The number of hydrazine groups is 1. The van der Waals surface area contributed by atoms with Gasteiger partial charge in [-0.3, -0.25) is 15.6 Å². The van der Waals surface area contributed by atoms with Crippen LogP contribution in [0.2, 0.25) is 0 Å². The lowest BCUT2D eigenvalue weighted by Crippen LogP contribution is -2.47. The van der Waals surface area contributed by atoms with E-state index >= 15 is 0 Å². The molecule has 0 unspecified atom stereocenters. The highest BCUT2D eigenvalue weighted by Crippen LogP contribution is 2.15. The van der Waals surface area contributed by atoms with E-state index in [2.05, 4.69) is 30.0 Å². The van der Waals surface area contributed by atoms with Crippen LogP contribution >= 0.6 is 12.2 Å². The molecule has 0 bridgehead atoms. The molecule has 24 heavy (non-hydrogen) atoms. The average Bonchev–Trinajstić information content (AvgIpc) is 2.57. The van der Waals surface area contributed by atoms with Gasteiger partial charge in [-0.1, -0.05) is 33.1 Å². The lowest BCUT2D eigenvalue weighted by atomic mass is 10.0. The zero-order chi connectivity index (χ0) is 17.9. The number of ether oxygens (including phenoxy) is 1. The summed E-state index contributed by atoms with van der Waals surface area (Å²) in [4.78, 5) is 11.9. The first-order valence-electron chi connectivity index (χ1n) is 8.15. The van der Waals surface area contributed by atoms with Crippen LogP contribution in [0.25, 0.3) is 0 Å². The van der Waals surface area contributed by atoms with Gasteiger partial charge in [0, 0.05) is 12.6 Å². The van der Waals surface area contributed by atoms with Crippen LogP contribution in [0.3, 0.4) is 0 Å². The zero-order valence-corrected chi connectivity index (χ0v) is 15.3. The minimum absolute atomic E-state index is 0.0842. The monoisotopic (exact) mass is 355 g/mol. The van der Waals surface area contributed by atoms with Crippen LogP contribution in [-0.2, 0) is 0 Å². The van der Waals surface area contributed by atoms with Crippen LogP contribution in [0.1, 0.15) is 49.9 Å². The highest BCUT2D eigenvalue weighted by atomic mass is 32.1. The standard InChI is InChI=1S/C17H26FN3O2S/c1-4-5-6-7-12(2)11-19-17(24)21-20-16(22)14-9-8-13(23-3)10-15(14)18/h8-10,12H,4-7,11H2,1-3H3,(H,20,22)(H2,19,21,24)/t12-/m0/s1. The van der Waals surface area contributed by atoms with Gasteiger partial charge in [-0.15, -0.1) is 0 Å². The highest BCUT2D eigenvalue weighted by Gasteiger charge is 2.12. The molecular weight excluding hydrogens is 329 g/mol. The first-order chi connectivity index (χ1) is 11.5. The summed E-state index contributed by atoms with van der Waals surface area (Å²) in [5.41, 5.74) is 4.88. The van der Waals surface area contributed by atoms with Crippen LogP contribution in [0.4, 0.5) is 4.39 Å². The Morgan fingerprint density at radius 3 is 2.71 bits per heavy atom. The summed E-state index contributed by atoms with van der Waals surface area (Å²) in [7, 11) is 1.43. The summed E-state index contributed by atoms with van der Waals surface area (Å²) < 4.78 is 18.7. The predicted octanol–water partition coefficient (Wildman–Crippen LogP) is 3.16. The smallest absolute Gasteiger partial charge is 0.272 e. The molecule has 0 aliphatic carbocycles. The number of benzene rings is 1. The molecule has 1 aromatic rings. The number of rotatable bonds is 8. The summed E-state index contributed by atoms with van der Waals surface area (Å²) in [6.45, 7) is 5.05. The van der Waals surface area contributed by atoms with Gasteiger partial charge < -0.3 is 10.1 Å². The number of hydrogen-bond donors (Lipinski definition) is 3. The molecule has 1 rings (SSSR count). The number of amides is 1. The van der Waals surface area contributed by atoms with Gasteiger partial charge in [0.1, 0.15) is 11.6 Å². The van der Waals surface area contributed by atoms with Gasteiger partial charge in [0.2, 0.25) is 0 Å². The van der Waals surface area contributed by atoms with E-state index in [1.54, 1.807) is 0 Å². The zero-order valence-electron chi connectivity index (χ0n) is 14.4. The second-order valence-corrected chi connectivity index (χ2v) is 6.14. The molecule has 0 aromatic heterocycles. The Balaban J connectivity index is 2.35. The Morgan fingerprint density at radius 1 is 1.33 bits per heavy atom. The fraction of sp³-hybridized carbons (Fsp3) is 0.529. The molecule has 7 heteroatoms. The molecule has 0 saturated carbocycles. The molecule has 134 valence electrons. The molecule has 0 radical (unpaired) electrons. The molecule has 1 amide bonds. The van der Waals surface area contributed by atoms with E-state index in [0.717, 1.165) is 19.0 Å². The molecular formula is C17H26FN3O2S. The maximum atomic E-state index is 13.8. The number of carbonyl (C=O) groups excluding carboxylic acids is 1. The number of halogens is 1. The number of hydrogen-bond acceptors (Lipinski definition) is 3. The van der Waals surface area contributed by atoms with Crippen molar-refractivity contribution in [2.45, 2.75) is 39.5 Å². The minimum Gasteiger partial charge on any atom is -0.497 e. The maximum absolute atomic E-state index is 13.8. The third-order valence-electron chi connectivity index (χ3n) is 3.62. The first kappa shape index (κ1) is 20.2. The second kappa shape index (κ2) is 10.8. The number of carbonyl (C=O) groups is 1. The number of thiocarbonyl (C=S) groups is 1. The van der Waals surface area contributed by atoms with E-state index in [9.17, 15) is 9.18 Å². The van der Waals surface area contributed by atoms with Gasteiger partial charge in [-0.2, -0.15) is 0 Å². The maximum Gasteiger partial charge on any atom is 0.272 e. The van der Waals surface area contributed by atoms with Crippen molar-refractivity contribution < 1.29 is 13.9 Å². The predicted molar refractivity (Wildman–Crippen MR) is 97.5 cm³/mol. The van der Waals surface area contributed by atoms with Gasteiger partial charge in [0.15, 0.2) is 5.11 Å². The first-order valence-corrected chi connectivity index (χ1v) is 8.56. The normalized spacial score (nSPS) is 11.5. The van der Waals surface area contributed by atoms with E-state index in [4.69, 9.17) is 17.0 Å². The minimum atomic E-state index is -0.655. The van der Waals surface area contributed by atoms with Crippen molar-refractivity contribution in [2.75, 3.05) is 13.7 Å². The van der Waals surface area contributed by atoms with Crippen molar-refractivity contribution in [3.8, 4) is 5.75 Å². The van der Waals surface area contributed by atoms with Gasteiger partial charge in [-0.25, -0.2) is 4.39 Å². The Hall–Kier alpha value is -1.89. The summed E-state index contributed by atoms with van der Waals surface area (Å²) in [6, 6.07) is 4.04. The van der Waals surface area contributed by atoms with Crippen molar-refractivity contribution in [1.82, 2.24) is 16.2 Å². The van der Waals surface area contributed by atoms with Crippen LogP contribution in [0, 0.1) is 11.7 Å². The van der Waals surface area contributed by atoms with Crippen molar-refractivity contribution >= 4 is 23.2 Å². The Labute approximate surface area is 148 Å². The number of methoxy groups -OCH3 is 1. The number of nitrogens with one attached hydrogen (secondary N) is 3. The number of unbranched alkanes of at least 4 members (excludes halogenated alkanes) is 2. The largest absolute Gasteiger partial charge is 0.497 e. The molecule has 3 N–H and O–H groups in total. The molecule has 0 aliphatic heterocycles. The molecule has 1 aromatic carbocycles. The fourth-order valence-electron chi connectivity index (χ4n) is 2.14. The van der Waals surface area contributed by atoms with Gasteiger partial charge >= 0.3 is 0 Å². The summed E-state index contributed by atoms with van der Waals surface area (Å²) in [5.74, 6) is -0.412. The van der Waals surface area contributed by atoms with Gasteiger partial charge in [-0.05, 0) is 36.7 Å². The van der Waals surface area contributed by atoms with E-state index < -0.39 is 11.7 Å². The van der Waals surface area contributed by atoms with Crippen LogP contribution in [-0.4, -0.2) is 24.7 Å². The molecule has 5 nitrogen and oxygen atoms in total.